The van der Waals surface area contributed by atoms with Crippen molar-refractivity contribution in [1.29, 1.82) is 0 Å². The molecule has 1 aliphatic rings. The number of hydrogen-bond donors (Lipinski definition) is 0. The number of aromatic nitrogens is 1. The SMILES string of the molecule is COc1cccc2c1C(=O)OC2c1ccccn1. The van der Waals surface area contributed by atoms with Crippen LogP contribution in [0.2, 0.25) is 0 Å². The van der Waals surface area contributed by atoms with Gasteiger partial charge in [0, 0.05) is 11.8 Å². The normalized spacial score (nSPS) is 17.2. The van der Waals surface area contributed by atoms with Gasteiger partial charge < -0.3 is 9.47 Å². The molecule has 0 aliphatic carbocycles. The number of cyclic esters (lactones) is 1. The van der Waals surface area contributed by atoms with Crippen LogP contribution < -0.4 is 4.74 Å². The number of benzene rings is 1. The first-order valence-corrected chi connectivity index (χ1v) is 5.60. The summed E-state index contributed by atoms with van der Waals surface area (Å²) in [6.07, 6.45) is 1.24. The van der Waals surface area contributed by atoms with Gasteiger partial charge in [-0.1, -0.05) is 18.2 Å². The van der Waals surface area contributed by atoms with Gasteiger partial charge in [0.15, 0.2) is 6.10 Å². The summed E-state index contributed by atoms with van der Waals surface area (Å²) >= 11 is 0. The zero-order chi connectivity index (χ0) is 12.5. The third-order valence-corrected chi connectivity index (χ3v) is 2.95. The van der Waals surface area contributed by atoms with Crippen molar-refractivity contribution >= 4 is 5.97 Å². The Balaban J connectivity index is 2.13. The zero-order valence-corrected chi connectivity index (χ0v) is 9.79. The van der Waals surface area contributed by atoms with Gasteiger partial charge in [0.2, 0.25) is 0 Å². The minimum absolute atomic E-state index is 0.363. The maximum atomic E-state index is 11.9. The average Bonchev–Trinajstić information content (AvgIpc) is 2.77. The first-order valence-electron chi connectivity index (χ1n) is 5.60. The second-order valence-corrected chi connectivity index (χ2v) is 3.96. The second kappa shape index (κ2) is 4.14. The van der Waals surface area contributed by atoms with Gasteiger partial charge in [0.25, 0.3) is 0 Å². The molecule has 1 aromatic heterocycles. The number of carbonyl (C=O) groups is 1. The van der Waals surface area contributed by atoms with Crippen LogP contribution in [0.4, 0.5) is 0 Å². The van der Waals surface area contributed by atoms with E-state index >= 15 is 0 Å². The van der Waals surface area contributed by atoms with Gasteiger partial charge in [0.05, 0.1) is 12.8 Å². The lowest BCUT2D eigenvalue weighted by Crippen LogP contribution is -2.02. The molecule has 1 aliphatic heterocycles. The number of pyridine rings is 1. The third kappa shape index (κ3) is 1.54. The maximum Gasteiger partial charge on any atom is 0.343 e. The average molecular weight is 241 g/mol. The number of ether oxygens (including phenoxy) is 2. The molecule has 90 valence electrons. The molecule has 4 heteroatoms. The van der Waals surface area contributed by atoms with Crippen molar-refractivity contribution < 1.29 is 14.3 Å². The summed E-state index contributed by atoms with van der Waals surface area (Å²) in [6, 6.07) is 11.0. The molecule has 0 saturated carbocycles. The van der Waals surface area contributed by atoms with E-state index < -0.39 is 6.10 Å². The molecule has 0 bridgehead atoms. The molecule has 0 spiro atoms. The second-order valence-electron chi connectivity index (χ2n) is 3.96. The summed E-state index contributed by atoms with van der Waals surface area (Å²) in [5, 5.41) is 0. The van der Waals surface area contributed by atoms with E-state index in [-0.39, 0.29) is 5.97 Å². The Morgan fingerprint density at radius 3 is 2.83 bits per heavy atom. The number of esters is 1. The smallest absolute Gasteiger partial charge is 0.343 e. The van der Waals surface area contributed by atoms with Crippen molar-refractivity contribution in [3.8, 4) is 5.75 Å². The summed E-state index contributed by atoms with van der Waals surface area (Å²) in [7, 11) is 1.54. The quantitative estimate of drug-likeness (QED) is 0.757. The Morgan fingerprint density at radius 2 is 2.11 bits per heavy atom. The fourth-order valence-electron chi connectivity index (χ4n) is 2.14. The van der Waals surface area contributed by atoms with E-state index in [0.717, 1.165) is 11.3 Å². The summed E-state index contributed by atoms with van der Waals surface area (Å²) in [5.41, 5.74) is 2.02. The number of carbonyl (C=O) groups excluding carboxylic acids is 1. The lowest BCUT2D eigenvalue weighted by atomic mass is 10.0. The van der Waals surface area contributed by atoms with Crippen LogP contribution in [0, 0.1) is 0 Å². The number of rotatable bonds is 2. The summed E-state index contributed by atoms with van der Waals surface area (Å²) in [6.45, 7) is 0. The molecule has 0 amide bonds. The van der Waals surface area contributed by atoms with Gasteiger partial charge in [0.1, 0.15) is 11.3 Å². The van der Waals surface area contributed by atoms with Crippen LogP contribution in [-0.4, -0.2) is 18.1 Å². The molecule has 0 fully saturated rings. The Bertz CT molecular complexity index is 595. The van der Waals surface area contributed by atoms with E-state index in [2.05, 4.69) is 4.98 Å². The molecular formula is C14H11NO3. The zero-order valence-electron chi connectivity index (χ0n) is 9.79. The van der Waals surface area contributed by atoms with Gasteiger partial charge in [-0.25, -0.2) is 4.79 Å². The van der Waals surface area contributed by atoms with Gasteiger partial charge in [-0.15, -0.1) is 0 Å². The van der Waals surface area contributed by atoms with E-state index in [1.54, 1.807) is 12.3 Å². The van der Waals surface area contributed by atoms with E-state index in [9.17, 15) is 4.79 Å². The standard InChI is InChI=1S/C14H11NO3/c1-17-11-7-4-5-9-12(11)14(16)18-13(9)10-6-2-3-8-15-10/h2-8,13H,1H3. The molecule has 0 saturated heterocycles. The van der Waals surface area contributed by atoms with Crippen molar-refractivity contribution in [3.63, 3.8) is 0 Å². The predicted octanol–water partition coefficient (Wildman–Crippen LogP) is 2.35. The van der Waals surface area contributed by atoms with Gasteiger partial charge in [-0.2, -0.15) is 0 Å². The number of nitrogens with zero attached hydrogens (tertiary/aromatic N) is 1. The van der Waals surface area contributed by atoms with Crippen LogP contribution in [0.3, 0.4) is 0 Å². The predicted molar refractivity (Wildman–Crippen MR) is 64.5 cm³/mol. The van der Waals surface area contributed by atoms with Crippen LogP contribution in [0.25, 0.3) is 0 Å². The first-order chi connectivity index (χ1) is 8.81. The highest BCUT2D eigenvalue weighted by molar-refractivity contribution is 5.97. The van der Waals surface area contributed by atoms with Crippen molar-refractivity contribution in [3.05, 3.63) is 59.4 Å². The summed E-state index contributed by atoms with van der Waals surface area (Å²) in [4.78, 5) is 16.1. The Morgan fingerprint density at radius 1 is 1.22 bits per heavy atom. The van der Waals surface area contributed by atoms with Crippen molar-refractivity contribution in [1.82, 2.24) is 4.98 Å². The molecule has 2 aromatic rings. The van der Waals surface area contributed by atoms with Crippen LogP contribution in [0.1, 0.15) is 27.7 Å². The van der Waals surface area contributed by atoms with Crippen LogP contribution in [-0.2, 0) is 4.74 Å². The molecule has 4 nitrogen and oxygen atoms in total. The van der Waals surface area contributed by atoms with Crippen LogP contribution in [0.15, 0.2) is 42.6 Å². The van der Waals surface area contributed by atoms with Crippen molar-refractivity contribution in [2.45, 2.75) is 6.10 Å². The van der Waals surface area contributed by atoms with Gasteiger partial charge in [-0.05, 0) is 18.2 Å². The first kappa shape index (κ1) is 10.8. The van der Waals surface area contributed by atoms with E-state index in [1.165, 1.54) is 7.11 Å². The number of hydrogen-bond acceptors (Lipinski definition) is 4. The topological polar surface area (TPSA) is 48.4 Å². The molecule has 0 N–H and O–H groups in total. The highest BCUT2D eigenvalue weighted by atomic mass is 16.6. The lowest BCUT2D eigenvalue weighted by molar-refractivity contribution is 0.0447. The Kier molecular flexibility index (Phi) is 2.48. The third-order valence-electron chi connectivity index (χ3n) is 2.95. The Hall–Kier alpha value is -2.36. The molecule has 3 rings (SSSR count). The van der Waals surface area contributed by atoms with Gasteiger partial charge >= 0.3 is 5.97 Å². The van der Waals surface area contributed by atoms with Crippen molar-refractivity contribution in [2.75, 3.05) is 7.11 Å². The minimum atomic E-state index is -0.441. The highest BCUT2D eigenvalue weighted by Crippen LogP contribution is 2.39. The number of methoxy groups -OCH3 is 1. The van der Waals surface area contributed by atoms with Crippen molar-refractivity contribution in [2.24, 2.45) is 0 Å². The molecule has 1 unspecified atom stereocenters. The molecular weight excluding hydrogens is 230 g/mol. The summed E-state index contributed by atoms with van der Waals surface area (Å²) < 4.78 is 10.6. The summed E-state index contributed by atoms with van der Waals surface area (Å²) in [5.74, 6) is 0.175. The fraction of sp³-hybridized carbons (Fsp3) is 0.143. The monoisotopic (exact) mass is 241 g/mol. The number of fused-ring (bicyclic) bond motifs is 1. The van der Waals surface area contributed by atoms with E-state index in [4.69, 9.17) is 9.47 Å². The highest BCUT2D eigenvalue weighted by Gasteiger charge is 2.35. The van der Waals surface area contributed by atoms with Gasteiger partial charge in [-0.3, -0.25) is 4.98 Å². The largest absolute Gasteiger partial charge is 0.496 e. The molecule has 0 radical (unpaired) electrons. The lowest BCUT2D eigenvalue weighted by Gasteiger charge is -2.09. The van der Waals surface area contributed by atoms with E-state index in [0.29, 0.717) is 11.3 Å². The van der Waals surface area contributed by atoms with E-state index in [1.807, 2.05) is 30.3 Å². The fourth-order valence-corrected chi connectivity index (χ4v) is 2.14. The van der Waals surface area contributed by atoms with Crippen LogP contribution >= 0.6 is 0 Å². The molecule has 1 atom stereocenters. The Labute approximate surface area is 104 Å². The maximum absolute atomic E-state index is 11.9. The van der Waals surface area contributed by atoms with Crippen LogP contribution in [0.5, 0.6) is 5.75 Å². The minimum Gasteiger partial charge on any atom is -0.496 e. The molecule has 2 heterocycles. The molecule has 1 aromatic carbocycles. The molecule has 18 heavy (non-hydrogen) atoms.